The van der Waals surface area contributed by atoms with Gasteiger partial charge >= 0.3 is 0 Å². The number of nitrogens with zero attached hydrogens (tertiary/aromatic N) is 3. The van der Waals surface area contributed by atoms with E-state index in [1.165, 1.54) is 0 Å². The van der Waals surface area contributed by atoms with Crippen molar-refractivity contribution in [2.24, 2.45) is 0 Å². The summed E-state index contributed by atoms with van der Waals surface area (Å²) in [5.74, 6) is -0.258. The van der Waals surface area contributed by atoms with Gasteiger partial charge in [-0.3, -0.25) is 14.5 Å². The van der Waals surface area contributed by atoms with Crippen LogP contribution in [-0.4, -0.2) is 54.3 Å². The second-order valence-electron chi connectivity index (χ2n) is 7.95. The summed E-state index contributed by atoms with van der Waals surface area (Å²) in [6, 6.07) is 25.6. The van der Waals surface area contributed by atoms with E-state index in [4.69, 9.17) is 0 Å². The summed E-state index contributed by atoms with van der Waals surface area (Å²) in [6.07, 6.45) is 0.239. The maximum absolute atomic E-state index is 12.6. The van der Waals surface area contributed by atoms with Crippen LogP contribution >= 0.6 is 0 Å². The fourth-order valence-corrected chi connectivity index (χ4v) is 4.20. The van der Waals surface area contributed by atoms with Crippen LogP contribution in [0.4, 0.5) is 0 Å². The lowest BCUT2D eigenvalue weighted by Crippen LogP contribution is -2.51. The lowest BCUT2D eigenvalue weighted by molar-refractivity contribution is -0.134. The standard InChI is InChI=1S/C26H26N4O2/c27-18-24(21-8-2-1-3-9-21)29-13-15-30(16-14-29)26(32)19-28-25(31)17-22-11-6-10-20-7-4-5-12-23(20)22/h1-12,24H,13-17,19H2,(H,28,31). The van der Waals surface area contributed by atoms with Crippen molar-refractivity contribution >= 4 is 22.6 Å². The number of hydrogen-bond acceptors (Lipinski definition) is 4. The summed E-state index contributed by atoms with van der Waals surface area (Å²) in [5.41, 5.74) is 1.92. The molecule has 0 radical (unpaired) electrons. The number of amides is 2. The summed E-state index contributed by atoms with van der Waals surface area (Å²) in [5, 5.41) is 14.5. The van der Waals surface area contributed by atoms with Crippen molar-refractivity contribution in [3.63, 3.8) is 0 Å². The van der Waals surface area contributed by atoms with Crippen LogP contribution in [0, 0.1) is 11.3 Å². The number of nitriles is 1. The van der Waals surface area contributed by atoms with Gasteiger partial charge in [0.25, 0.3) is 0 Å². The normalized spacial score (nSPS) is 15.2. The van der Waals surface area contributed by atoms with E-state index in [0.29, 0.717) is 26.2 Å². The lowest BCUT2D eigenvalue weighted by atomic mass is 10.0. The maximum atomic E-state index is 12.6. The zero-order valence-electron chi connectivity index (χ0n) is 17.9. The van der Waals surface area contributed by atoms with Crippen molar-refractivity contribution in [3.05, 3.63) is 83.9 Å². The van der Waals surface area contributed by atoms with Crippen molar-refractivity contribution in [1.29, 1.82) is 5.26 Å². The van der Waals surface area contributed by atoms with E-state index in [1.54, 1.807) is 4.90 Å². The molecule has 1 atom stereocenters. The van der Waals surface area contributed by atoms with Crippen LogP contribution in [0.15, 0.2) is 72.8 Å². The van der Waals surface area contributed by atoms with Crippen molar-refractivity contribution in [1.82, 2.24) is 15.1 Å². The van der Waals surface area contributed by atoms with Gasteiger partial charge in [-0.15, -0.1) is 0 Å². The fraction of sp³-hybridized carbons (Fsp3) is 0.269. The topological polar surface area (TPSA) is 76.4 Å². The predicted octanol–water partition coefficient (Wildman–Crippen LogP) is 2.91. The molecule has 0 saturated carbocycles. The van der Waals surface area contributed by atoms with Crippen LogP contribution in [0.2, 0.25) is 0 Å². The van der Waals surface area contributed by atoms with E-state index in [2.05, 4.69) is 16.3 Å². The Balaban J connectivity index is 1.27. The van der Waals surface area contributed by atoms with E-state index in [9.17, 15) is 14.9 Å². The van der Waals surface area contributed by atoms with Crippen LogP contribution in [0.3, 0.4) is 0 Å². The Labute approximate surface area is 188 Å². The van der Waals surface area contributed by atoms with Gasteiger partial charge in [0, 0.05) is 26.2 Å². The Morgan fingerprint density at radius 2 is 1.59 bits per heavy atom. The first-order valence-electron chi connectivity index (χ1n) is 10.9. The minimum absolute atomic E-state index is 0.00996. The Bertz CT molecular complexity index is 1130. The van der Waals surface area contributed by atoms with Gasteiger partial charge in [-0.2, -0.15) is 5.26 Å². The molecule has 162 valence electrons. The number of benzene rings is 3. The van der Waals surface area contributed by atoms with Crippen molar-refractivity contribution in [3.8, 4) is 6.07 Å². The number of nitrogens with one attached hydrogen (secondary N) is 1. The van der Waals surface area contributed by atoms with Gasteiger partial charge in [0.2, 0.25) is 11.8 Å². The van der Waals surface area contributed by atoms with E-state index in [0.717, 1.165) is 21.9 Å². The van der Waals surface area contributed by atoms with Crippen LogP contribution in [0.1, 0.15) is 17.2 Å². The number of hydrogen-bond donors (Lipinski definition) is 1. The molecule has 3 aromatic rings. The van der Waals surface area contributed by atoms with E-state index in [1.807, 2.05) is 72.8 Å². The number of carbonyl (C=O) groups is 2. The SMILES string of the molecule is N#CC(c1ccccc1)N1CCN(C(=O)CNC(=O)Cc2cccc3ccccc23)CC1. The summed E-state index contributed by atoms with van der Waals surface area (Å²) in [6.45, 7) is 2.33. The average molecular weight is 427 g/mol. The Morgan fingerprint density at radius 3 is 2.34 bits per heavy atom. The van der Waals surface area contributed by atoms with E-state index >= 15 is 0 Å². The fourth-order valence-electron chi connectivity index (χ4n) is 4.20. The maximum Gasteiger partial charge on any atom is 0.242 e. The lowest BCUT2D eigenvalue weighted by Gasteiger charge is -2.37. The monoisotopic (exact) mass is 426 g/mol. The average Bonchev–Trinajstić information content (AvgIpc) is 2.84. The molecule has 3 aromatic carbocycles. The first-order valence-corrected chi connectivity index (χ1v) is 10.9. The largest absolute Gasteiger partial charge is 0.347 e. The Hall–Kier alpha value is -3.69. The highest BCUT2D eigenvalue weighted by Gasteiger charge is 2.27. The molecule has 0 aromatic heterocycles. The molecule has 2 amide bonds. The molecule has 0 spiro atoms. The molecule has 6 heteroatoms. The molecular weight excluding hydrogens is 400 g/mol. The van der Waals surface area contributed by atoms with Gasteiger partial charge in [0.1, 0.15) is 6.04 Å². The van der Waals surface area contributed by atoms with Gasteiger partial charge < -0.3 is 10.2 Å². The zero-order chi connectivity index (χ0) is 22.3. The summed E-state index contributed by atoms with van der Waals surface area (Å²) < 4.78 is 0. The van der Waals surface area contributed by atoms with Crippen molar-refractivity contribution in [2.75, 3.05) is 32.7 Å². The molecule has 1 heterocycles. The van der Waals surface area contributed by atoms with Crippen molar-refractivity contribution in [2.45, 2.75) is 12.5 Å². The predicted molar refractivity (Wildman–Crippen MR) is 124 cm³/mol. The summed E-state index contributed by atoms with van der Waals surface area (Å²) >= 11 is 0. The highest BCUT2D eigenvalue weighted by atomic mass is 16.2. The minimum atomic E-state index is -0.311. The molecule has 0 bridgehead atoms. The second kappa shape index (κ2) is 10.1. The van der Waals surface area contributed by atoms with E-state index in [-0.39, 0.29) is 30.8 Å². The molecule has 1 N–H and O–H groups in total. The summed E-state index contributed by atoms with van der Waals surface area (Å²) in [7, 11) is 0. The number of rotatable bonds is 6. The third-order valence-corrected chi connectivity index (χ3v) is 5.94. The molecule has 4 rings (SSSR count). The van der Waals surface area contributed by atoms with Crippen molar-refractivity contribution < 1.29 is 9.59 Å². The third-order valence-electron chi connectivity index (χ3n) is 5.94. The second-order valence-corrected chi connectivity index (χ2v) is 7.95. The number of piperazine rings is 1. The number of carbonyl (C=O) groups excluding carboxylic acids is 2. The molecular formula is C26H26N4O2. The highest BCUT2D eigenvalue weighted by Crippen LogP contribution is 2.21. The molecule has 6 nitrogen and oxygen atoms in total. The van der Waals surface area contributed by atoms with Gasteiger partial charge in [-0.05, 0) is 21.9 Å². The zero-order valence-corrected chi connectivity index (χ0v) is 17.9. The minimum Gasteiger partial charge on any atom is -0.347 e. The van der Waals surface area contributed by atoms with E-state index < -0.39 is 0 Å². The molecule has 32 heavy (non-hydrogen) atoms. The molecule has 1 saturated heterocycles. The molecule has 1 unspecified atom stereocenters. The number of fused-ring (bicyclic) bond motifs is 1. The van der Waals surface area contributed by atoms with Gasteiger partial charge in [-0.1, -0.05) is 72.8 Å². The Kier molecular flexibility index (Phi) is 6.78. The quantitative estimate of drug-likeness (QED) is 0.658. The van der Waals surface area contributed by atoms with Gasteiger partial charge in [0.15, 0.2) is 0 Å². The van der Waals surface area contributed by atoms with Crippen LogP contribution < -0.4 is 5.32 Å². The molecule has 0 aliphatic carbocycles. The summed E-state index contributed by atoms with van der Waals surface area (Å²) in [4.78, 5) is 28.9. The van der Waals surface area contributed by atoms with Gasteiger partial charge in [-0.25, -0.2) is 0 Å². The molecule has 1 aliphatic rings. The van der Waals surface area contributed by atoms with Crippen LogP contribution in [-0.2, 0) is 16.0 Å². The first kappa shape index (κ1) is 21.5. The van der Waals surface area contributed by atoms with Crippen LogP contribution in [0.25, 0.3) is 10.8 Å². The molecule has 1 fully saturated rings. The first-order chi connectivity index (χ1) is 15.7. The third kappa shape index (κ3) is 4.96. The van der Waals surface area contributed by atoms with Gasteiger partial charge in [0.05, 0.1) is 19.0 Å². The smallest absolute Gasteiger partial charge is 0.242 e. The Morgan fingerprint density at radius 1 is 0.906 bits per heavy atom. The highest BCUT2D eigenvalue weighted by molar-refractivity contribution is 5.91. The van der Waals surface area contributed by atoms with Crippen LogP contribution in [0.5, 0.6) is 0 Å². The molecule has 1 aliphatic heterocycles.